The lowest BCUT2D eigenvalue weighted by atomic mass is 9.91. The van der Waals surface area contributed by atoms with Crippen molar-refractivity contribution in [2.75, 3.05) is 0 Å². The van der Waals surface area contributed by atoms with Crippen LogP contribution in [0.2, 0.25) is 0 Å². The maximum Gasteiger partial charge on any atom is 0.371 e. The zero-order chi connectivity index (χ0) is 13.3. The average molecular weight is 272 g/mol. The summed E-state index contributed by atoms with van der Waals surface area (Å²) in [7, 11) is -3.54. The third-order valence-electron chi connectivity index (χ3n) is 3.40. The molecular formula is C12H16O5S. The second kappa shape index (κ2) is 4.76. The van der Waals surface area contributed by atoms with E-state index >= 15 is 0 Å². The Kier molecular flexibility index (Phi) is 3.47. The number of sulfone groups is 1. The molecule has 2 unspecified atom stereocenters. The van der Waals surface area contributed by atoms with Crippen molar-refractivity contribution in [3.8, 4) is 0 Å². The molecule has 0 bridgehead atoms. The molecule has 1 aliphatic carbocycles. The van der Waals surface area contributed by atoms with Crippen LogP contribution in [0.5, 0.6) is 0 Å². The van der Waals surface area contributed by atoms with E-state index in [0.29, 0.717) is 18.8 Å². The first-order chi connectivity index (χ1) is 8.41. The van der Waals surface area contributed by atoms with Gasteiger partial charge in [-0.1, -0.05) is 19.8 Å². The van der Waals surface area contributed by atoms with Crippen LogP contribution in [-0.2, 0) is 9.84 Å². The van der Waals surface area contributed by atoms with E-state index in [2.05, 4.69) is 0 Å². The van der Waals surface area contributed by atoms with E-state index in [9.17, 15) is 13.2 Å². The van der Waals surface area contributed by atoms with Gasteiger partial charge in [-0.25, -0.2) is 13.2 Å². The first-order valence-electron chi connectivity index (χ1n) is 5.98. The fraction of sp³-hybridized carbons (Fsp3) is 0.583. The molecule has 2 rings (SSSR count). The van der Waals surface area contributed by atoms with Gasteiger partial charge in [0.1, 0.15) is 0 Å². The Morgan fingerprint density at radius 3 is 2.67 bits per heavy atom. The highest BCUT2D eigenvalue weighted by Gasteiger charge is 2.34. The van der Waals surface area contributed by atoms with Crippen LogP contribution in [0.1, 0.15) is 43.2 Å². The third-order valence-corrected chi connectivity index (χ3v) is 5.49. The number of carbonyl (C=O) groups is 1. The smallest absolute Gasteiger partial charge is 0.371 e. The number of hydrogen-bond acceptors (Lipinski definition) is 4. The third kappa shape index (κ3) is 2.43. The molecule has 5 nitrogen and oxygen atoms in total. The highest BCUT2D eigenvalue weighted by Crippen LogP contribution is 2.32. The summed E-state index contributed by atoms with van der Waals surface area (Å²) in [5.41, 5.74) is 0. The summed E-state index contributed by atoms with van der Waals surface area (Å²) in [6.07, 6.45) is 3.17. The van der Waals surface area contributed by atoms with E-state index in [0.717, 1.165) is 12.8 Å². The minimum atomic E-state index is -3.54. The molecule has 1 saturated carbocycles. The Balaban J connectivity index is 2.26. The summed E-state index contributed by atoms with van der Waals surface area (Å²) >= 11 is 0. The first-order valence-corrected chi connectivity index (χ1v) is 7.53. The lowest BCUT2D eigenvalue weighted by Gasteiger charge is -2.25. The van der Waals surface area contributed by atoms with E-state index in [4.69, 9.17) is 9.52 Å². The standard InChI is InChI=1S/C12H16O5S/c1-8-3-2-4-9(7-8)18(15,16)11-6-5-10(17-11)12(13)14/h5-6,8-9H,2-4,7H2,1H3,(H,13,14). The monoisotopic (exact) mass is 272 g/mol. The molecule has 1 aromatic heterocycles. The maximum absolute atomic E-state index is 12.3. The molecule has 1 heterocycles. The fourth-order valence-corrected chi connectivity index (χ4v) is 4.26. The average Bonchev–Trinajstić information content (AvgIpc) is 2.79. The molecule has 100 valence electrons. The van der Waals surface area contributed by atoms with Crippen LogP contribution < -0.4 is 0 Å². The lowest BCUT2D eigenvalue weighted by Crippen LogP contribution is -2.27. The van der Waals surface area contributed by atoms with Gasteiger partial charge >= 0.3 is 5.97 Å². The largest absolute Gasteiger partial charge is 0.475 e. The predicted molar refractivity (Wildman–Crippen MR) is 64.3 cm³/mol. The molecule has 6 heteroatoms. The topological polar surface area (TPSA) is 84.6 Å². The minimum absolute atomic E-state index is 0.223. The number of carboxylic acid groups (broad SMARTS) is 1. The molecule has 0 saturated heterocycles. The molecule has 0 aromatic carbocycles. The minimum Gasteiger partial charge on any atom is -0.475 e. The highest BCUT2D eigenvalue weighted by atomic mass is 32.2. The van der Waals surface area contributed by atoms with Gasteiger partial charge in [0.15, 0.2) is 0 Å². The van der Waals surface area contributed by atoms with Crippen LogP contribution in [0.25, 0.3) is 0 Å². The summed E-state index contributed by atoms with van der Waals surface area (Å²) in [5, 5.41) is 8.05. The van der Waals surface area contributed by atoms with Crippen molar-refractivity contribution < 1.29 is 22.7 Å². The van der Waals surface area contributed by atoms with E-state index in [-0.39, 0.29) is 10.9 Å². The van der Waals surface area contributed by atoms with Crippen LogP contribution in [-0.4, -0.2) is 24.7 Å². The van der Waals surface area contributed by atoms with E-state index in [1.54, 1.807) is 0 Å². The van der Waals surface area contributed by atoms with Gasteiger partial charge in [0.25, 0.3) is 0 Å². The first kappa shape index (κ1) is 13.1. The molecule has 0 spiro atoms. The molecule has 1 N–H and O–H groups in total. The fourth-order valence-electron chi connectivity index (χ4n) is 2.41. The van der Waals surface area contributed by atoms with Crippen molar-refractivity contribution >= 4 is 15.8 Å². The van der Waals surface area contributed by atoms with Crippen LogP contribution >= 0.6 is 0 Å². The molecule has 0 amide bonds. The number of furan rings is 1. The van der Waals surface area contributed by atoms with E-state index in [1.807, 2.05) is 6.92 Å². The van der Waals surface area contributed by atoms with Gasteiger partial charge in [-0.05, 0) is 30.9 Å². The second-order valence-corrected chi connectivity index (χ2v) is 7.02. The lowest BCUT2D eigenvalue weighted by molar-refractivity contribution is 0.0656. The quantitative estimate of drug-likeness (QED) is 0.912. The zero-order valence-corrected chi connectivity index (χ0v) is 10.9. The van der Waals surface area contributed by atoms with Gasteiger partial charge in [-0.2, -0.15) is 0 Å². The Hall–Kier alpha value is -1.30. The Morgan fingerprint density at radius 2 is 2.11 bits per heavy atom. The van der Waals surface area contributed by atoms with Crippen LogP contribution in [0.3, 0.4) is 0 Å². The summed E-state index contributed by atoms with van der Waals surface area (Å²) in [5.74, 6) is -1.21. The van der Waals surface area contributed by atoms with Crippen LogP contribution in [0.15, 0.2) is 21.6 Å². The number of hydrogen-bond donors (Lipinski definition) is 1. The van der Waals surface area contributed by atoms with Crippen molar-refractivity contribution in [3.05, 3.63) is 17.9 Å². The van der Waals surface area contributed by atoms with Gasteiger partial charge in [-0.3, -0.25) is 0 Å². The van der Waals surface area contributed by atoms with Crippen molar-refractivity contribution in [2.24, 2.45) is 5.92 Å². The molecule has 2 atom stereocenters. The number of aromatic carboxylic acids is 1. The maximum atomic E-state index is 12.3. The Bertz CT molecular complexity index is 543. The molecule has 1 aromatic rings. The Morgan fingerprint density at radius 1 is 1.39 bits per heavy atom. The Labute approximate surface area is 106 Å². The number of rotatable bonds is 3. The molecule has 0 aliphatic heterocycles. The number of carboxylic acids is 1. The molecule has 18 heavy (non-hydrogen) atoms. The molecule has 1 fully saturated rings. The SMILES string of the molecule is CC1CCCC(S(=O)(=O)c2ccc(C(=O)O)o2)C1. The van der Waals surface area contributed by atoms with Gasteiger partial charge < -0.3 is 9.52 Å². The molecule has 0 radical (unpaired) electrons. The van der Waals surface area contributed by atoms with Gasteiger partial charge in [0.05, 0.1) is 5.25 Å². The zero-order valence-electron chi connectivity index (χ0n) is 10.1. The molecular weight excluding hydrogens is 256 g/mol. The molecule has 1 aliphatic rings. The van der Waals surface area contributed by atoms with Crippen molar-refractivity contribution in [1.29, 1.82) is 0 Å². The van der Waals surface area contributed by atoms with Crippen LogP contribution in [0.4, 0.5) is 0 Å². The van der Waals surface area contributed by atoms with Gasteiger partial charge in [-0.15, -0.1) is 0 Å². The van der Waals surface area contributed by atoms with E-state index in [1.165, 1.54) is 12.1 Å². The predicted octanol–water partition coefficient (Wildman–Crippen LogP) is 2.33. The second-order valence-electron chi connectivity index (χ2n) is 4.86. The van der Waals surface area contributed by atoms with Gasteiger partial charge in [0, 0.05) is 0 Å². The summed E-state index contributed by atoms with van der Waals surface area (Å²) in [4.78, 5) is 10.7. The van der Waals surface area contributed by atoms with Crippen molar-refractivity contribution in [1.82, 2.24) is 0 Å². The van der Waals surface area contributed by atoms with E-state index < -0.39 is 21.1 Å². The summed E-state index contributed by atoms with van der Waals surface area (Å²) in [6.45, 7) is 2.03. The van der Waals surface area contributed by atoms with Crippen LogP contribution in [0, 0.1) is 5.92 Å². The van der Waals surface area contributed by atoms with Gasteiger partial charge in [0.2, 0.25) is 20.7 Å². The summed E-state index contributed by atoms with van der Waals surface area (Å²) < 4.78 is 29.5. The summed E-state index contributed by atoms with van der Waals surface area (Å²) in [6, 6.07) is 2.42. The van der Waals surface area contributed by atoms with Crippen molar-refractivity contribution in [2.45, 2.75) is 42.9 Å². The normalized spacial score (nSPS) is 24.9. The van der Waals surface area contributed by atoms with Crippen molar-refractivity contribution in [3.63, 3.8) is 0 Å². The highest BCUT2D eigenvalue weighted by molar-refractivity contribution is 7.91.